The number of sulfonamides is 1. The number of ether oxygens (including phenoxy) is 1. The maximum Gasteiger partial charge on any atom is 0.306 e. The van der Waals surface area contributed by atoms with Gasteiger partial charge in [-0.05, 0) is 0 Å². The summed E-state index contributed by atoms with van der Waals surface area (Å²) in [4.78, 5) is 14.4. The Labute approximate surface area is 102 Å². The van der Waals surface area contributed by atoms with E-state index in [9.17, 15) is 13.2 Å². The number of thiazole rings is 1. The van der Waals surface area contributed by atoms with Crippen LogP contribution in [0.1, 0.15) is 6.42 Å². The molecule has 0 amide bonds. The number of aromatic nitrogens is 1. The van der Waals surface area contributed by atoms with E-state index in [0.717, 1.165) is 17.5 Å². The van der Waals surface area contributed by atoms with Crippen LogP contribution >= 0.6 is 22.9 Å². The van der Waals surface area contributed by atoms with Crippen molar-refractivity contribution in [3.8, 4) is 0 Å². The molecule has 0 fully saturated rings. The summed E-state index contributed by atoms with van der Waals surface area (Å²) >= 11 is 6.36. The zero-order chi connectivity index (χ0) is 12.2. The number of hydrogen-bond donors (Lipinski definition) is 1. The van der Waals surface area contributed by atoms with Crippen LogP contribution in [0.3, 0.4) is 0 Å². The first-order valence-electron chi connectivity index (χ1n) is 4.13. The van der Waals surface area contributed by atoms with E-state index in [4.69, 9.17) is 11.6 Å². The molecule has 0 aromatic carbocycles. The number of methoxy groups -OCH3 is 1. The monoisotopic (exact) mass is 284 g/mol. The van der Waals surface area contributed by atoms with Crippen molar-refractivity contribution in [2.24, 2.45) is 0 Å². The van der Waals surface area contributed by atoms with Crippen molar-refractivity contribution in [2.45, 2.75) is 10.6 Å². The number of esters is 1. The van der Waals surface area contributed by atoms with Crippen LogP contribution in [0, 0.1) is 0 Å². The molecule has 0 radical (unpaired) electrons. The summed E-state index contributed by atoms with van der Waals surface area (Å²) in [5.74, 6) is -0.481. The maximum atomic E-state index is 11.6. The van der Waals surface area contributed by atoms with E-state index in [2.05, 4.69) is 14.4 Å². The van der Waals surface area contributed by atoms with E-state index in [-0.39, 0.29) is 21.6 Å². The smallest absolute Gasteiger partial charge is 0.306 e. The maximum absolute atomic E-state index is 11.6. The second-order valence-electron chi connectivity index (χ2n) is 2.66. The number of hydrogen-bond acceptors (Lipinski definition) is 6. The first-order valence-corrected chi connectivity index (χ1v) is 6.81. The highest BCUT2D eigenvalue weighted by atomic mass is 35.5. The molecule has 1 aromatic heterocycles. The van der Waals surface area contributed by atoms with Crippen molar-refractivity contribution < 1.29 is 17.9 Å². The lowest BCUT2D eigenvalue weighted by molar-refractivity contribution is -0.140. The van der Waals surface area contributed by atoms with Crippen molar-refractivity contribution in [3.63, 3.8) is 0 Å². The molecule has 1 heterocycles. The number of nitrogens with zero attached hydrogens (tertiary/aromatic N) is 1. The van der Waals surface area contributed by atoms with E-state index in [1.807, 2.05) is 0 Å². The lowest BCUT2D eigenvalue weighted by Crippen LogP contribution is -2.25. The third-order valence-corrected chi connectivity index (χ3v) is 4.61. The van der Waals surface area contributed by atoms with Gasteiger partial charge < -0.3 is 4.74 Å². The Balaban J connectivity index is 2.56. The summed E-state index contributed by atoms with van der Waals surface area (Å²) in [5.41, 5.74) is 0. The van der Waals surface area contributed by atoms with Gasteiger partial charge in [0.2, 0.25) is 0 Å². The average Bonchev–Trinajstić information content (AvgIpc) is 2.65. The molecule has 1 aromatic rings. The predicted octanol–water partition coefficient (Wildman–Crippen LogP) is 0.638. The third-order valence-electron chi connectivity index (χ3n) is 1.57. The van der Waals surface area contributed by atoms with Crippen LogP contribution in [-0.4, -0.2) is 33.0 Å². The molecule has 6 nitrogen and oxygen atoms in total. The fourth-order valence-corrected chi connectivity index (χ4v) is 3.19. The summed E-state index contributed by atoms with van der Waals surface area (Å²) in [6, 6.07) is 0. The second kappa shape index (κ2) is 5.58. The van der Waals surface area contributed by atoms with Crippen molar-refractivity contribution in [1.29, 1.82) is 0 Å². The average molecular weight is 285 g/mol. The highest BCUT2D eigenvalue weighted by Gasteiger charge is 2.17. The van der Waals surface area contributed by atoms with Gasteiger partial charge in [-0.2, -0.15) is 0 Å². The molecule has 0 spiro atoms. The summed E-state index contributed by atoms with van der Waals surface area (Å²) in [6.07, 6.45) is 1.13. The molecule has 0 saturated carbocycles. The molecule has 1 rings (SSSR count). The van der Waals surface area contributed by atoms with Gasteiger partial charge in [-0.1, -0.05) is 22.9 Å². The Morgan fingerprint density at radius 1 is 1.69 bits per heavy atom. The molecule has 0 aliphatic carbocycles. The third kappa shape index (κ3) is 3.71. The van der Waals surface area contributed by atoms with Crippen molar-refractivity contribution in [2.75, 3.05) is 13.7 Å². The fraction of sp³-hybridized carbons (Fsp3) is 0.429. The molecular weight excluding hydrogens is 276 g/mol. The Morgan fingerprint density at radius 3 is 2.88 bits per heavy atom. The minimum atomic E-state index is -3.63. The number of rotatable bonds is 5. The Kier molecular flexibility index (Phi) is 4.66. The summed E-state index contributed by atoms with van der Waals surface area (Å²) in [7, 11) is -2.39. The lowest BCUT2D eigenvalue weighted by atomic mass is 10.4. The summed E-state index contributed by atoms with van der Waals surface area (Å²) in [5, 5.41) is 0. The van der Waals surface area contributed by atoms with E-state index in [0.29, 0.717) is 0 Å². The quantitative estimate of drug-likeness (QED) is 0.802. The molecule has 0 bridgehead atoms. The summed E-state index contributed by atoms with van der Waals surface area (Å²) < 4.78 is 29.9. The molecule has 0 aliphatic rings. The van der Waals surface area contributed by atoms with Gasteiger partial charge >= 0.3 is 5.97 Å². The van der Waals surface area contributed by atoms with Crippen LogP contribution in [0.25, 0.3) is 0 Å². The predicted molar refractivity (Wildman–Crippen MR) is 58.9 cm³/mol. The SMILES string of the molecule is COC(=O)CCNS(=O)(=O)c1cnc(Cl)s1. The van der Waals surface area contributed by atoms with Crippen LogP contribution in [-0.2, 0) is 19.6 Å². The lowest BCUT2D eigenvalue weighted by Gasteiger charge is -2.02. The molecule has 16 heavy (non-hydrogen) atoms. The van der Waals surface area contributed by atoms with E-state index in [1.165, 1.54) is 7.11 Å². The number of carbonyl (C=O) groups is 1. The highest BCUT2D eigenvalue weighted by Crippen LogP contribution is 2.21. The number of carbonyl (C=O) groups excluding carboxylic acids is 1. The number of halogens is 1. The molecule has 0 aliphatic heterocycles. The van der Waals surface area contributed by atoms with Crippen LogP contribution in [0.5, 0.6) is 0 Å². The molecule has 9 heteroatoms. The first-order chi connectivity index (χ1) is 7.45. The molecule has 0 atom stereocenters. The van der Waals surface area contributed by atoms with E-state index < -0.39 is 16.0 Å². The highest BCUT2D eigenvalue weighted by molar-refractivity contribution is 7.91. The van der Waals surface area contributed by atoms with Crippen LogP contribution in [0.4, 0.5) is 0 Å². The second-order valence-corrected chi connectivity index (χ2v) is 6.26. The van der Waals surface area contributed by atoms with Crippen LogP contribution in [0.15, 0.2) is 10.4 Å². The van der Waals surface area contributed by atoms with Gasteiger partial charge in [-0.3, -0.25) is 4.79 Å². The van der Waals surface area contributed by atoms with Gasteiger partial charge in [0, 0.05) is 6.54 Å². The van der Waals surface area contributed by atoms with Gasteiger partial charge in [0.25, 0.3) is 10.0 Å². The van der Waals surface area contributed by atoms with Crippen molar-refractivity contribution in [3.05, 3.63) is 10.7 Å². The zero-order valence-corrected chi connectivity index (χ0v) is 10.7. The molecular formula is C7H9ClN2O4S2. The van der Waals surface area contributed by atoms with Gasteiger partial charge in [0.15, 0.2) is 8.68 Å². The Hall–Kier alpha value is -0.700. The number of nitrogens with one attached hydrogen (secondary N) is 1. The molecule has 0 saturated heterocycles. The van der Waals surface area contributed by atoms with Crippen LogP contribution < -0.4 is 4.72 Å². The first kappa shape index (κ1) is 13.4. The minimum absolute atomic E-state index is 0.0161. The van der Waals surface area contributed by atoms with Crippen LogP contribution in [0.2, 0.25) is 4.47 Å². The normalized spacial score (nSPS) is 11.4. The standard InChI is InChI=1S/C7H9ClN2O4S2/c1-14-5(11)2-3-10-16(12,13)6-4-9-7(8)15-6/h4,10H,2-3H2,1H3. The zero-order valence-electron chi connectivity index (χ0n) is 8.27. The van der Waals surface area contributed by atoms with Gasteiger partial charge in [-0.25, -0.2) is 18.1 Å². The summed E-state index contributed by atoms with van der Waals surface area (Å²) in [6.45, 7) is -0.0233. The Bertz CT molecular complexity index is 470. The van der Waals surface area contributed by atoms with Gasteiger partial charge in [0.05, 0.1) is 19.7 Å². The molecule has 90 valence electrons. The molecule has 0 unspecified atom stereocenters. The van der Waals surface area contributed by atoms with Crippen molar-refractivity contribution in [1.82, 2.24) is 9.71 Å². The Morgan fingerprint density at radius 2 is 2.38 bits per heavy atom. The van der Waals surface area contributed by atoms with E-state index in [1.54, 1.807) is 0 Å². The fourth-order valence-electron chi connectivity index (χ4n) is 0.824. The van der Waals surface area contributed by atoms with Gasteiger partial charge in [0.1, 0.15) is 0 Å². The van der Waals surface area contributed by atoms with Gasteiger partial charge in [-0.15, -0.1) is 0 Å². The topological polar surface area (TPSA) is 85.4 Å². The molecule has 1 N–H and O–H groups in total. The largest absolute Gasteiger partial charge is 0.469 e. The van der Waals surface area contributed by atoms with E-state index >= 15 is 0 Å². The minimum Gasteiger partial charge on any atom is -0.469 e. The van der Waals surface area contributed by atoms with Crippen molar-refractivity contribution >= 4 is 38.9 Å².